The fourth-order valence-electron chi connectivity index (χ4n) is 11.1. The van der Waals surface area contributed by atoms with Crippen LogP contribution >= 0.6 is 0 Å². The Hall–Kier alpha value is -10.0. The summed E-state index contributed by atoms with van der Waals surface area (Å²) in [6.45, 7) is 23.3. The lowest BCUT2D eigenvalue weighted by atomic mass is 9.94. The summed E-state index contributed by atoms with van der Waals surface area (Å²) in [6.07, 6.45) is 2.42. The first-order valence-electron chi connectivity index (χ1n) is 34.0. The maximum absolute atomic E-state index is 14.2. The molecule has 2 saturated heterocycles. The summed E-state index contributed by atoms with van der Waals surface area (Å²) in [5, 5.41) is 13.3. The number of rotatable bonds is 21. The van der Waals surface area contributed by atoms with Crippen molar-refractivity contribution in [1.29, 1.82) is 0 Å². The second-order valence-electron chi connectivity index (χ2n) is 27.3. The van der Waals surface area contributed by atoms with Crippen molar-refractivity contribution in [3.63, 3.8) is 0 Å². The molecule has 17 nitrogen and oxygen atoms in total. The molecule has 0 atom stereocenters. The SMILES string of the molecule is CC(C)(C)OC(=O)N1CCC(N)CC1.COc1ccc(C(C)C)cc1-c1cc(C(=O)NC2CCN(C(=O)OC(C)(C)C)CC2)c(OCc2ccccc2)cc1OCc1ccccc1.COc1ccc(C(C)C)cc1-c1cc(C(=O)O)c(OCc2ccccc2)cc1OCc1ccccc1. The van der Waals surface area contributed by atoms with Crippen LogP contribution < -0.4 is 39.5 Å². The van der Waals surface area contributed by atoms with Crippen molar-refractivity contribution in [3.05, 3.63) is 226 Å². The van der Waals surface area contributed by atoms with Crippen molar-refractivity contribution in [2.24, 2.45) is 5.73 Å². The highest BCUT2D eigenvalue weighted by Gasteiger charge is 2.31. The lowest BCUT2D eigenvalue weighted by Crippen LogP contribution is -2.47. The van der Waals surface area contributed by atoms with Gasteiger partial charge in [-0.25, -0.2) is 14.4 Å². The standard InChI is InChI=1S/C41H48N2O6.C31H30O5.C10H20N2O2/c1-28(2)31-17-18-36(46-6)33(23-31)34-24-35(39(44)42-32-19-21-43(22-20-32)40(45)49-41(3,4)5)38(48-27-30-15-11-8-12-16-30)25-37(34)47-26-29-13-9-7-10-14-29;1-21(2)24-14-15-28(34-3)25(16-24)26-17-27(31(32)33)30(36-20-23-12-8-5-9-13-23)18-29(26)35-19-22-10-6-4-7-11-22;1-10(2,3)14-9(13)12-6-4-8(11)5-7-12/h7-18,23-25,28,32H,19-22,26-27H2,1-6H3,(H,42,44);4-18,21H,19-20H2,1-3H3,(H,32,33);8H,4-7,11H2,1-3H3. The van der Waals surface area contributed by atoms with E-state index in [0.29, 0.717) is 79.0 Å². The van der Waals surface area contributed by atoms with Crippen molar-refractivity contribution >= 4 is 24.1 Å². The summed E-state index contributed by atoms with van der Waals surface area (Å²) in [5.41, 5.74) is 14.4. The molecule has 0 unspecified atom stereocenters. The molecular weight excluding hydrogens is 1250 g/mol. The summed E-state index contributed by atoms with van der Waals surface area (Å²) in [6, 6.07) is 58.5. The first-order valence-corrected chi connectivity index (χ1v) is 34.0. The van der Waals surface area contributed by atoms with Crippen LogP contribution in [0.15, 0.2) is 182 Å². The second-order valence-corrected chi connectivity index (χ2v) is 27.3. The van der Waals surface area contributed by atoms with Crippen LogP contribution in [0.4, 0.5) is 9.59 Å². The minimum Gasteiger partial charge on any atom is -0.496 e. The number of nitrogens with one attached hydrogen (secondary N) is 1. The summed E-state index contributed by atoms with van der Waals surface area (Å²) in [7, 11) is 3.25. The van der Waals surface area contributed by atoms with Crippen molar-refractivity contribution in [3.8, 4) is 56.8 Å². The number of amides is 3. The van der Waals surface area contributed by atoms with Gasteiger partial charge < -0.3 is 63.9 Å². The zero-order chi connectivity index (χ0) is 71.2. The Morgan fingerprint density at radius 2 is 0.768 bits per heavy atom. The van der Waals surface area contributed by atoms with Crippen LogP contribution in [0.1, 0.15) is 161 Å². The first kappa shape index (κ1) is 74.8. The number of aromatic carboxylic acids is 1. The van der Waals surface area contributed by atoms with Crippen LogP contribution in [0, 0.1) is 0 Å². The lowest BCUT2D eigenvalue weighted by molar-refractivity contribution is 0.0191. The number of carboxylic acids is 1. The topological polar surface area (TPSA) is 207 Å². The predicted octanol–water partition coefficient (Wildman–Crippen LogP) is 17.5. The van der Waals surface area contributed by atoms with Gasteiger partial charge >= 0.3 is 18.2 Å². The minimum atomic E-state index is -1.08. The van der Waals surface area contributed by atoms with Crippen LogP contribution in [-0.2, 0) is 35.9 Å². The largest absolute Gasteiger partial charge is 0.496 e. The minimum absolute atomic E-state index is 0.0602. The van der Waals surface area contributed by atoms with Gasteiger partial charge in [-0.1, -0.05) is 161 Å². The molecule has 99 heavy (non-hydrogen) atoms. The number of nitrogens with two attached hydrogens (primary N) is 1. The molecule has 8 aromatic rings. The first-order chi connectivity index (χ1) is 47.3. The molecule has 524 valence electrons. The van der Waals surface area contributed by atoms with Crippen molar-refractivity contribution in [2.75, 3.05) is 40.4 Å². The average molecular weight is 1350 g/mol. The van der Waals surface area contributed by atoms with E-state index in [1.807, 2.05) is 199 Å². The van der Waals surface area contributed by atoms with Crippen LogP contribution in [-0.4, -0.2) is 103 Å². The van der Waals surface area contributed by atoms with Crippen LogP contribution in [0.5, 0.6) is 34.5 Å². The second kappa shape index (κ2) is 35.5. The normalized spacial score (nSPS) is 13.4. The van der Waals surface area contributed by atoms with E-state index < -0.39 is 17.2 Å². The molecule has 0 spiro atoms. The number of nitrogens with zero attached hydrogens (tertiary/aromatic N) is 2. The Bertz CT molecular complexity index is 3910. The Morgan fingerprint density at radius 3 is 1.10 bits per heavy atom. The molecule has 0 aliphatic carbocycles. The van der Waals surface area contributed by atoms with E-state index in [4.69, 9.17) is 43.6 Å². The molecule has 17 heteroatoms. The average Bonchev–Trinajstić information content (AvgIpc) is 0.787. The lowest BCUT2D eigenvalue weighted by Gasteiger charge is -2.33. The molecule has 2 aliphatic heterocycles. The quantitative estimate of drug-likeness (QED) is 0.0612. The van der Waals surface area contributed by atoms with E-state index in [9.17, 15) is 24.3 Å². The molecule has 2 fully saturated rings. The van der Waals surface area contributed by atoms with E-state index in [1.54, 1.807) is 36.2 Å². The fraction of sp³-hybridized carbons (Fsp3) is 0.366. The molecule has 2 aliphatic rings. The third-order valence-electron chi connectivity index (χ3n) is 16.6. The molecule has 3 amide bonds. The van der Waals surface area contributed by atoms with Gasteiger partial charge in [0.15, 0.2) is 0 Å². The van der Waals surface area contributed by atoms with Crippen molar-refractivity contribution in [2.45, 2.75) is 156 Å². The van der Waals surface area contributed by atoms with Gasteiger partial charge in [0.05, 0.1) is 19.8 Å². The van der Waals surface area contributed by atoms with E-state index in [-0.39, 0.29) is 66.5 Å². The summed E-state index contributed by atoms with van der Waals surface area (Å²) < 4.78 is 47.5. The highest BCUT2D eigenvalue weighted by atomic mass is 16.6. The molecule has 0 radical (unpaired) electrons. The molecule has 0 bridgehead atoms. The number of carboxylic acid groups (broad SMARTS) is 1. The van der Waals surface area contributed by atoms with Crippen molar-refractivity contribution < 1.29 is 62.2 Å². The number of methoxy groups -OCH3 is 2. The Kier molecular flexibility index (Phi) is 26.8. The Labute approximate surface area is 584 Å². The van der Waals surface area contributed by atoms with Gasteiger partial charge in [0.25, 0.3) is 5.91 Å². The van der Waals surface area contributed by atoms with Gasteiger partial charge in [-0.05, 0) is 149 Å². The summed E-state index contributed by atoms with van der Waals surface area (Å²) in [4.78, 5) is 54.1. The highest BCUT2D eigenvalue weighted by Crippen LogP contribution is 2.44. The van der Waals surface area contributed by atoms with Gasteiger partial charge in [0, 0.05) is 72.6 Å². The van der Waals surface area contributed by atoms with Crippen LogP contribution in [0.25, 0.3) is 22.3 Å². The molecule has 8 aromatic carbocycles. The highest BCUT2D eigenvalue weighted by molar-refractivity contribution is 6.00. The number of piperidine rings is 2. The third kappa shape index (κ3) is 22.5. The van der Waals surface area contributed by atoms with Gasteiger partial charge in [-0.15, -0.1) is 0 Å². The van der Waals surface area contributed by atoms with Gasteiger partial charge in [0.2, 0.25) is 0 Å². The molecule has 10 rings (SSSR count). The maximum Gasteiger partial charge on any atom is 0.410 e. The zero-order valence-electron chi connectivity index (χ0n) is 59.4. The Balaban J connectivity index is 0.000000217. The predicted molar refractivity (Wildman–Crippen MR) is 388 cm³/mol. The number of hydrogen-bond acceptors (Lipinski definition) is 13. The number of likely N-dealkylation sites (tertiary alicyclic amines) is 2. The fourth-order valence-corrected chi connectivity index (χ4v) is 11.1. The van der Waals surface area contributed by atoms with Gasteiger partial charge in [-0.3, -0.25) is 4.79 Å². The van der Waals surface area contributed by atoms with Crippen LogP contribution in [0.3, 0.4) is 0 Å². The number of carbonyl (C=O) groups excluding carboxylic acids is 3. The zero-order valence-corrected chi connectivity index (χ0v) is 59.4. The van der Waals surface area contributed by atoms with E-state index >= 15 is 0 Å². The maximum atomic E-state index is 14.2. The van der Waals surface area contributed by atoms with Gasteiger partial charge in [-0.2, -0.15) is 0 Å². The third-order valence-corrected chi connectivity index (χ3v) is 16.6. The van der Waals surface area contributed by atoms with E-state index in [1.165, 1.54) is 0 Å². The smallest absolute Gasteiger partial charge is 0.410 e. The monoisotopic (exact) mass is 1350 g/mol. The summed E-state index contributed by atoms with van der Waals surface area (Å²) in [5.74, 6) is 2.31. The molecule has 4 N–H and O–H groups in total. The summed E-state index contributed by atoms with van der Waals surface area (Å²) >= 11 is 0. The van der Waals surface area contributed by atoms with Crippen LogP contribution in [0.2, 0.25) is 0 Å². The van der Waals surface area contributed by atoms with Crippen molar-refractivity contribution in [1.82, 2.24) is 15.1 Å². The molecular formula is C82H98N4O13. The number of hydrogen-bond donors (Lipinski definition) is 3. The van der Waals surface area contributed by atoms with E-state index in [2.05, 4.69) is 45.1 Å². The molecule has 0 aromatic heterocycles. The molecule has 0 saturated carbocycles. The Morgan fingerprint density at radius 1 is 0.444 bits per heavy atom. The number of ether oxygens (including phenoxy) is 8. The number of carbonyl (C=O) groups is 4. The van der Waals surface area contributed by atoms with Gasteiger partial charge in [0.1, 0.15) is 77.7 Å². The number of benzene rings is 8. The van der Waals surface area contributed by atoms with E-state index in [0.717, 1.165) is 76.0 Å². The molecule has 2 heterocycles.